The summed E-state index contributed by atoms with van der Waals surface area (Å²) in [5.74, 6) is 0.141. The standard InChI is InChI=1S/C15H14N2O4S/c1-10-3-2-4-11(7-10)17-22(19,20)12-5-6-14-13(8-12)16-15(18)9-21-14/h2-8,17H,9H2,1H3,(H,16,18). The summed E-state index contributed by atoms with van der Waals surface area (Å²) in [6.45, 7) is 1.81. The molecule has 0 atom stereocenters. The Morgan fingerprint density at radius 1 is 1.18 bits per heavy atom. The second kappa shape index (κ2) is 5.34. The lowest BCUT2D eigenvalue weighted by Gasteiger charge is -2.18. The third-order valence-electron chi connectivity index (χ3n) is 3.16. The quantitative estimate of drug-likeness (QED) is 0.908. The number of sulfonamides is 1. The van der Waals surface area contributed by atoms with Gasteiger partial charge in [-0.2, -0.15) is 0 Å². The lowest BCUT2D eigenvalue weighted by molar-refractivity contribution is -0.118. The fourth-order valence-electron chi connectivity index (χ4n) is 2.15. The van der Waals surface area contributed by atoms with Crippen LogP contribution in [-0.2, 0) is 14.8 Å². The molecule has 1 amide bonds. The molecule has 2 aromatic carbocycles. The molecule has 7 heteroatoms. The Morgan fingerprint density at radius 3 is 2.77 bits per heavy atom. The van der Waals surface area contributed by atoms with Crippen molar-refractivity contribution in [1.82, 2.24) is 0 Å². The van der Waals surface area contributed by atoms with Crippen LogP contribution in [0.1, 0.15) is 5.56 Å². The predicted octanol–water partition coefficient (Wildman–Crippen LogP) is 2.13. The van der Waals surface area contributed by atoms with Crippen molar-refractivity contribution in [2.24, 2.45) is 0 Å². The molecule has 0 saturated carbocycles. The van der Waals surface area contributed by atoms with E-state index in [2.05, 4.69) is 10.0 Å². The summed E-state index contributed by atoms with van der Waals surface area (Å²) < 4.78 is 32.6. The molecule has 0 aliphatic carbocycles. The second-order valence-corrected chi connectivity index (χ2v) is 6.65. The van der Waals surface area contributed by atoms with Gasteiger partial charge >= 0.3 is 0 Å². The van der Waals surface area contributed by atoms with E-state index in [0.29, 0.717) is 17.1 Å². The van der Waals surface area contributed by atoms with Crippen LogP contribution in [0, 0.1) is 6.92 Å². The van der Waals surface area contributed by atoms with Crippen molar-refractivity contribution >= 4 is 27.3 Å². The van der Waals surface area contributed by atoms with Crippen LogP contribution in [0.4, 0.5) is 11.4 Å². The molecule has 0 fully saturated rings. The number of amides is 1. The van der Waals surface area contributed by atoms with E-state index in [4.69, 9.17) is 4.74 Å². The molecule has 1 aliphatic heterocycles. The minimum Gasteiger partial charge on any atom is -0.482 e. The summed E-state index contributed by atoms with van der Waals surface area (Å²) in [7, 11) is -3.74. The summed E-state index contributed by atoms with van der Waals surface area (Å²) >= 11 is 0. The SMILES string of the molecule is Cc1cccc(NS(=O)(=O)c2ccc3c(c2)NC(=O)CO3)c1. The van der Waals surface area contributed by atoms with Crippen LogP contribution in [0.25, 0.3) is 0 Å². The molecule has 22 heavy (non-hydrogen) atoms. The lowest BCUT2D eigenvalue weighted by atomic mass is 10.2. The first-order valence-electron chi connectivity index (χ1n) is 6.60. The molecule has 3 rings (SSSR count). The first kappa shape index (κ1) is 14.4. The number of nitrogens with one attached hydrogen (secondary N) is 2. The zero-order valence-electron chi connectivity index (χ0n) is 11.8. The second-order valence-electron chi connectivity index (χ2n) is 4.97. The Balaban J connectivity index is 1.92. The molecule has 6 nitrogen and oxygen atoms in total. The lowest BCUT2D eigenvalue weighted by Crippen LogP contribution is -2.25. The van der Waals surface area contributed by atoms with Gasteiger partial charge in [0.25, 0.3) is 15.9 Å². The monoisotopic (exact) mass is 318 g/mol. The highest BCUT2D eigenvalue weighted by Crippen LogP contribution is 2.30. The van der Waals surface area contributed by atoms with Crippen molar-refractivity contribution in [1.29, 1.82) is 0 Å². The predicted molar refractivity (Wildman–Crippen MR) is 82.6 cm³/mol. The largest absolute Gasteiger partial charge is 0.482 e. The fourth-order valence-corrected chi connectivity index (χ4v) is 3.23. The average Bonchev–Trinajstić information content (AvgIpc) is 2.46. The number of hydrogen-bond acceptors (Lipinski definition) is 4. The number of ether oxygens (including phenoxy) is 1. The summed E-state index contributed by atoms with van der Waals surface area (Å²) in [5.41, 5.74) is 1.78. The van der Waals surface area contributed by atoms with E-state index in [1.54, 1.807) is 18.2 Å². The number of benzene rings is 2. The molecule has 0 saturated heterocycles. The maximum absolute atomic E-state index is 12.4. The number of anilines is 2. The van der Waals surface area contributed by atoms with Gasteiger partial charge in [0.2, 0.25) is 0 Å². The third-order valence-corrected chi connectivity index (χ3v) is 4.54. The maximum Gasteiger partial charge on any atom is 0.262 e. The molecule has 0 aromatic heterocycles. The van der Waals surface area contributed by atoms with Crippen LogP contribution >= 0.6 is 0 Å². The van der Waals surface area contributed by atoms with Gasteiger partial charge < -0.3 is 10.1 Å². The van der Waals surface area contributed by atoms with E-state index in [0.717, 1.165) is 5.56 Å². The van der Waals surface area contributed by atoms with Crippen LogP contribution in [0.5, 0.6) is 5.75 Å². The first-order chi connectivity index (χ1) is 10.4. The molecular weight excluding hydrogens is 304 g/mol. The zero-order chi connectivity index (χ0) is 15.7. The zero-order valence-corrected chi connectivity index (χ0v) is 12.6. The summed E-state index contributed by atoms with van der Waals surface area (Å²) in [6, 6.07) is 11.4. The summed E-state index contributed by atoms with van der Waals surface area (Å²) in [5, 5.41) is 2.59. The van der Waals surface area contributed by atoms with E-state index in [9.17, 15) is 13.2 Å². The minimum atomic E-state index is -3.74. The van der Waals surface area contributed by atoms with Crippen molar-refractivity contribution in [3.63, 3.8) is 0 Å². The van der Waals surface area contributed by atoms with Gasteiger partial charge in [-0.25, -0.2) is 8.42 Å². The maximum atomic E-state index is 12.4. The van der Waals surface area contributed by atoms with Gasteiger partial charge in [-0.1, -0.05) is 12.1 Å². The van der Waals surface area contributed by atoms with Crippen molar-refractivity contribution < 1.29 is 17.9 Å². The number of rotatable bonds is 3. The Morgan fingerprint density at radius 2 is 2.00 bits per heavy atom. The molecule has 1 heterocycles. The molecule has 114 valence electrons. The number of aryl methyl sites for hydroxylation is 1. The van der Waals surface area contributed by atoms with Crippen LogP contribution in [0.15, 0.2) is 47.4 Å². The number of hydrogen-bond donors (Lipinski definition) is 2. The smallest absolute Gasteiger partial charge is 0.262 e. The Hall–Kier alpha value is -2.54. The number of carbonyl (C=O) groups excluding carboxylic acids is 1. The van der Waals surface area contributed by atoms with Crippen LogP contribution in [-0.4, -0.2) is 20.9 Å². The van der Waals surface area contributed by atoms with Crippen LogP contribution in [0.2, 0.25) is 0 Å². The first-order valence-corrected chi connectivity index (χ1v) is 8.08. The normalized spacial score (nSPS) is 13.8. The average molecular weight is 318 g/mol. The van der Waals surface area contributed by atoms with Gasteiger partial charge in [0.05, 0.1) is 10.6 Å². The topological polar surface area (TPSA) is 84.5 Å². The summed E-state index contributed by atoms with van der Waals surface area (Å²) in [4.78, 5) is 11.4. The Bertz CT molecular complexity index is 846. The van der Waals surface area contributed by atoms with E-state index in [1.165, 1.54) is 18.2 Å². The van der Waals surface area contributed by atoms with E-state index < -0.39 is 10.0 Å². The van der Waals surface area contributed by atoms with Crippen molar-refractivity contribution in [2.45, 2.75) is 11.8 Å². The van der Waals surface area contributed by atoms with E-state index >= 15 is 0 Å². The number of carbonyl (C=O) groups is 1. The van der Waals surface area contributed by atoms with Crippen molar-refractivity contribution in [3.05, 3.63) is 48.0 Å². The fraction of sp³-hybridized carbons (Fsp3) is 0.133. The van der Waals surface area contributed by atoms with Crippen molar-refractivity contribution in [3.8, 4) is 5.75 Å². The highest BCUT2D eigenvalue weighted by atomic mass is 32.2. The van der Waals surface area contributed by atoms with E-state index in [-0.39, 0.29) is 17.4 Å². The van der Waals surface area contributed by atoms with Crippen LogP contribution in [0.3, 0.4) is 0 Å². The van der Waals surface area contributed by atoms with Gasteiger partial charge in [0.15, 0.2) is 6.61 Å². The Labute approximate surface area is 128 Å². The Kier molecular flexibility index (Phi) is 3.50. The van der Waals surface area contributed by atoms with Crippen molar-refractivity contribution in [2.75, 3.05) is 16.6 Å². The summed E-state index contributed by atoms with van der Waals surface area (Å²) in [6.07, 6.45) is 0. The number of fused-ring (bicyclic) bond motifs is 1. The molecule has 1 aliphatic rings. The highest BCUT2D eigenvalue weighted by Gasteiger charge is 2.21. The van der Waals surface area contributed by atoms with Crippen LogP contribution < -0.4 is 14.8 Å². The molecule has 2 aromatic rings. The highest BCUT2D eigenvalue weighted by molar-refractivity contribution is 7.92. The third kappa shape index (κ3) is 2.89. The molecule has 0 spiro atoms. The molecule has 0 radical (unpaired) electrons. The van der Waals surface area contributed by atoms with Gasteiger partial charge in [0.1, 0.15) is 5.75 Å². The molecule has 0 bridgehead atoms. The van der Waals surface area contributed by atoms with Gasteiger partial charge in [0, 0.05) is 5.69 Å². The van der Waals surface area contributed by atoms with Gasteiger partial charge in [-0.05, 0) is 42.8 Å². The minimum absolute atomic E-state index is 0.0542. The molecule has 2 N–H and O–H groups in total. The van der Waals surface area contributed by atoms with Gasteiger partial charge in [-0.15, -0.1) is 0 Å². The van der Waals surface area contributed by atoms with Gasteiger partial charge in [-0.3, -0.25) is 9.52 Å². The van der Waals surface area contributed by atoms with E-state index in [1.807, 2.05) is 13.0 Å². The molecule has 0 unspecified atom stereocenters. The molecular formula is C15H14N2O4S.